The minimum absolute atomic E-state index is 0.429. The van der Waals surface area contributed by atoms with Gasteiger partial charge in [-0.3, -0.25) is 0 Å². The molecule has 0 radical (unpaired) electrons. The summed E-state index contributed by atoms with van der Waals surface area (Å²) in [5.41, 5.74) is 7.87. The van der Waals surface area contributed by atoms with Crippen LogP contribution in [0.4, 0.5) is 0 Å². The van der Waals surface area contributed by atoms with Crippen LogP contribution in [0.1, 0.15) is 11.1 Å². The normalized spacial score (nSPS) is 10.2. The van der Waals surface area contributed by atoms with Crippen LogP contribution in [0.15, 0.2) is 36.4 Å². The molecule has 4 heteroatoms. The number of hydrogen-bond acceptors (Lipinski definition) is 4. The maximum Gasteiger partial charge on any atom is 0.134 e. The molecule has 2 aromatic carbocycles. The predicted octanol–water partition coefficient (Wildman–Crippen LogP) is 3.26. The molecule has 2 N–H and O–H groups in total. The number of benzene rings is 2. The highest BCUT2D eigenvalue weighted by Gasteiger charge is 2.07. The molecular weight excluding hydrogens is 254 g/mol. The summed E-state index contributed by atoms with van der Waals surface area (Å²) in [5.74, 6) is 2.76. The number of methoxy groups -OCH3 is 2. The quantitative estimate of drug-likeness (QED) is 0.908. The van der Waals surface area contributed by atoms with Crippen molar-refractivity contribution in [1.82, 2.24) is 0 Å². The van der Waals surface area contributed by atoms with Crippen LogP contribution >= 0.6 is 0 Å². The summed E-state index contributed by atoms with van der Waals surface area (Å²) >= 11 is 0. The lowest BCUT2D eigenvalue weighted by Crippen LogP contribution is -2.00. The van der Waals surface area contributed by atoms with Crippen molar-refractivity contribution >= 4 is 0 Å². The van der Waals surface area contributed by atoms with Gasteiger partial charge in [0.05, 0.1) is 14.2 Å². The third-order valence-corrected chi connectivity index (χ3v) is 2.99. The van der Waals surface area contributed by atoms with E-state index in [1.54, 1.807) is 20.3 Å². The molecule has 0 saturated heterocycles. The Morgan fingerprint density at radius 3 is 2.05 bits per heavy atom. The fraction of sp³-hybridized carbons (Fsp3) is 0.250. The Labute approximate surface area is 119 Å². The van der Waals surface area contributed by atoms with Gasteiger partial charge in [0.25, 0.3) is 0 Å². The molecule has 106 valence electrons. The van der Waals surface area contributed by atoms with E-state index in [9.17, 15) is 0 Å². The molecule has 0 saturated carbocycles. The molecule has 2 aromatic rings. The molecule has 20 heavy (non-hydrogen) atoms. The standard InChI is InChI=1S/C16H19NO3/c1-11-4-5-16(12(6-11)10-17)20-15-8-13(18-2)7-14(9-15)19-3/h4-9H,10,17H2,1-3H3. The monoisotopic (exact) mass is 273 g/mol. The smallest absolute Gasteiger partial charge is 0.134 e. The zero-order valence-electron chi connectivity index (χ0n) is 12.0. The van der Waals surface area contributed by atoms with Gasteiger partial charge in [-0.25, -0.2) is 0 Å². The predicted molar refractivity (Wildman–Crippen MR) is 78.7 cm³/mol. The molecule has 0 unspecified atom stereocenters. The zero-order chi connectivity index (χ0) is 14.5. The summed E-state index contributed by atoms with van der Waals surface area (Å²) in [6.45, 7) is 2.45. The molecule has 0 bridgehead atoms. The summed E-state index contributed by atoms with van der Waals surface area (Å²) in [6.07, 6.45) is 0. The molecule has 2 rings (SSSR count). The minimum Gasteiger partial charge on any atom is -0.496 e. The Balaban J connectivity index is 2.34. The Kier molecular flexibility index (Phi) is 4.48. The van der Waals surface area contributed by atoms with Crippen LogP contribution in [0.25, 0.3) is 0 Å². The number of ether oxygens (including phenoxy) is 3. The van der Waals surface area contributed by atoms with Crippen molar-refractivity contribution in [2.24, 2.45) is 5.73 Å². The van der Waals surface area contributed by atoms with Crippen molar-refractivity contribution in [1.29, 1.82) is 0 Å². The molecule has 0 aromatic heterocycles. The van der Waals surface area contributed by atoms with Gasteiger partial charge in [0, 0.05) is 30.3 Å². The summed E-state index contributed by atoms with van der Waals surface area (Å²) < 4.78 is 16.4. The Morgan fingerprint density at radius 2 is 1.50 bits per heavy atom. The van der Waals surface area contributed by atoms with Crippen molar-refractivity contribution in [3.63, 3.8) is 0 Å². The second-order valence-corrected chi connectivity index (χ2v) is 4.47. The molecule has 0 atom stereocenters. The van der Waals surface area contributed by atoms with Crippen molar-refractivity contribution in [2.45, 2.75) is 13.5 Å². The molecule has 0 aliphatic heterocycles. The molecule has 0 aliphatic rings. The van der Waals surface area contributed by atoms with Gasteiger partial charge in [0.1, 0.15) is 23.0 Å². The molecule has 0 fully saturated rings. The van der Waals surface area contributed by atoms with E-state index in [1.165, 1.54) is 0 Å². The lowest BCUT2D eigenvalue weighted by Gasteiger charge is -2.13. The second-order valence-electron chi connectivity index (χ2n) is 4.47. The first-order chi connectivity index (χ1) is 9.66. The molecular formula is C16H19NO3. The lowest BCUT2D eigenvalue weighted by atomic mass is 10.1. The highest BCUT2D eigenvalue weighted by Crippen LogP contribution is 2.32. The largest absolute Gasteiger partial charge is 0.496 e. The van der Waals surface area contributed by atoms with Crippen LogP contribution in [0.5, 0.6) is 23.0 Å². The van der Waals surface area contributed by atoms with Gasteiger partial charge in [-0.05, 0) is 13.0 Å². The number of hydrogen-bond donors (Lipinski definition) is 1. The van der Waals surface area contributed by atoms with E-state index >= 15 is 0 Å². The summed E-state index contributed by atoms with van der Waals surface area (Å²) in [5, 5.41) is 0. The van der Waals surface area contributed by atoms with Crippen molar-refractivity contribution in [2.75, 3.05) is 14.2 Å². The molecule has 0 aliphatic carbocycles. The summed E-state index contributed by atoms with van der Waals surface area (Å²) in [4.78, 5) is 0. The number of aryl methyl sites for hydroxylation is 1. The van der Waals surface area contributed by atoms with E-state index in [-0.39, 0.29) is 0 Å². The highest BCUT2D eigenvalue weighted by atomic mass is 16.5. The fourth-order valence-electron chi connectivity index (χ4n) is 1.93. The molecule has 0 spiro atoms. The van der Waals surface area contributed by atoms with Crippen molar-refractivity contribution < 1.29 is 14.2 Å². The van der Waals surface area contributed by atoms with Gasteiger partial charge in [0.15, 0.2) is 0 Å². The summed E-state index contributed by atoms with van der Waals surface area (Å²) in [7, 11) is 3.21. The zero-order valence-corrected chi connectivity index (χ0v) is 12.0. The van der Waals surface area contributed by atoms with E-state index in [0.29, 0.717) is 23.8 Å². The highest BCUT2D eigenvalue weighted by molar-refractivity contribution is 5.46. The fourth-order valence-corrected chi connectivity index (χ4v) is 1.93. The van der Waals surface area contributed by atoms with Gasteiger partial charge in [-0.15, -0.1) is 0 Å². The first-order valence-electron chi connectivity index (χ1n) is 6.36. The van der Waals surface area contributed by atoms with Gasteiger partial charge < -0.3 is 19.9 Å². The van der Waals surface area contributed by atoms with E-state index in [2.05, 4.69) is 0 Å². The van der Waals surface area contributed by atoms with Gasteiger partial charge in [-0.2, -0.15) is 0 Å². The van der Waals surface area contributed by atoms with E-state index in [4.69, 9.17) is 19.9 Å². The molecule has 4 nitrogen and oxygen atoms in total. The van der Waals surface area contributed by atoms with E-state index in [1.807, 2.05) is 37.3 Å². The van der Waals surface area contributed by atoms with Crippen LogP contribution in [-0.2, 0) is 6.54 Å². The molecule has 0 heterocycles. The van der Waals surface area contributed by atoms with Crippen molar-refractivity contribution in [3.05, 3.63) is 47.5 Å². The maximum atomic E-state index is 5.90. The minimum atomic E-state index is 0.429. The Bertz CT molecular complexity index is 574. The van der Waals surface area contributed by atoms with Crippen LogP contribution < -0.4 is 19.9 Å². The number of nitrogens with two attached hydrogens (primary N) is 1. The van der Waals surface area contributed by atoms with E-state index < -0.39 is 0 Å². The van der Waals surface area contributed by atoms with E-state index in [0.717, 1.165) is 16.9 Å². The van der Waals surface area contributed by atoms with Crippen LogP contribution in [0.2, 0.25) is 0 Å². The SMILES string of the molecule is COc1cc(OC)cc(Oc2ccc(C)cc2CN)c1. The first-order valence-corrected chi connectivity index (χ1v) is 6.36. The number of rotatable bonds is 5. The van der Waals surface area contributed by atoms with Crippen LogP contribution in [0.3, 0.4) is 0 Å². The lowest BCUT2D eigenvalue weighted by molar-refractivity contribution is 0.386. The second kappa shape index (κ2) is 6.30. The Morgan fingerprint density at radius 1 is 0.900 bits per heavy atom. The molecule has 0 amide bonds. The van der Waals surface area contributed by atoms with Gasteiger partial charge >= 0.3 is 0 Å². The third-order valence-electron chi connectivity index (χ3n) is 2.99. The topological polar surface area (TPSA) is 53.7 Å². The first kappa shape index (κ1) is 14.2. The Hall–Kier alpha value is -2.20. The van der Waals surface area contributed by atoms with Gasteiger partial charge in [0.2, 0.25) is 0 Å². The van der Waals surface area contributed by atoms with Crippen molar-refractivity contribution in [3.8, 4) is 23.0 Å². The third kappa shape index (κ3) is 3.22. The summed E-state index contributed by atoms with van der Waals surface area (Å²) in [6, 6.07) is 11.3. The van der Waals surface area contributed by atoms with Crippen LogP contribution in [0, 0.1) is 6.92 Å². The van der Waals surface area contributed by atoms with Gasteiger partial charge in [-0.1, -0.05) is 17.7 Å². The maximum absolute atomic E-state index is 5.90. The average Bonchev–Trinajstić information content (AvgIpc) is 2.48. The van der Waals surface area contributed by atoms with Crippen LogP contribution in [-0.4, -0.2) is 14.2 Å². The average molecular weight is 273 g/mol.